The third-order valence-corrected chi connectivity index (χ3v) is 3.28. The van der Waals surface area contributed by atoms with E-state index in [9.17, 15) is 0 Å². The SMILES string of the molecule is COc1cccc(N[C@H]2CCC[C@@H]2C)c1. The van der Waals surface area contributed by atoms with Gasteiger partial charge in [-0.1, -0.05) is 19.4 Å². The highest BCUT2D eigenvalue weighted by molar-refractivity contribution is 5.49. The van der Waals surface area contributed by atoms with Gasteiger partial charge in [0, 0.05) is 17.8 Å². The Morgan fingerprint density at radius 2 is 2.20 bits per heavy atom. The quantitative estimate of drug-likeness (QED) is 0.817. The van der Waals surface area contributed by atoms with Crippen molar-refractivity contribution in [1.29, 1.82) is 0 Å². The third kappa shape index (κ3) is 2.44. The van der Waals surface area contributed by atoms with Crippen LogP contribution >= 0.6 is 0 Å². The summed E-state index contributed by atoms with van der Waals surface area (Å²) in [6, 6.07) is 8.81. The van der Waals surface area contributed by atoms with E-state index >= 15 is 0 Å². The van der Waals surface area contributed by atoms with E-state index < -0.39 is 0 Å². The van der Waals surface area contributed by atoms with Gasteiger partial charge >= 0.3 is 0 Å². The van der Waals surface area contributed by atoms with E-state index in [0.29, 0.717) is 6.04 Å². The maximum atomic E-state index is 5.21. The summed E-state index contributed by atoms with van der Waals surface area (Å²) in [5.74, 6) is 1.71. The topological polar surface area (TPSA) is 21.3 Å². The Balaban J connectivity index is 2.03. The third-order valence-electron chi connectivity index (χ3n) is 3.28. The summed E-state index contributed by atoms with van der Waals surface area (Å²) in [6.45, 7) is 2.32. The van der Waals surface area contributed by atoms with Crippen molar-refractivity contribution >= 4 is 5.69 Å². The lowest BCUT2D eigenvalue weighted by Crippen LogP contribution is -2.21. The van der Waals surface area contributed by atoms with E-state index in [-0.39, 0.29) is 0 Å². The van der Waals surface area contributed by atoms with Crippen molar-refractivity contribution in [3.63, 3.8) is 0 Å². The minimum Gasteiger partial charge on any atom is -0.497 e. The zero-order valence-corrected chi connectivity index (χ0v) is 9.49. The van der Waals surface area contributed by atoms with E-state index in [2.05, 4.69) is 24.4 Å². The predicted octanol–water partition coefficient (Wildman–Crippen LogP) is 3.30. The molecule has 2 heteroatoms. The van der Waals surface area contributed by atoms with Gasteiger partial charge in [0.05, 0.1) is 7.11 Å². The van der Waals surface area contributed by atoms with Gasteiger partial charge in [-0.3, -0.25) is 0 Å². The van der Waals surface area contributed by atoms with E-state index in [1.54, 1.807) is 7.11 Å². The van der Waals surface area contributed by atoms with Crippen LogP contribution in [0.15, 0.2) is 24.3 Å². The molecule has 0 bridgehead atoms. The molecule has 0 aromatic heterocycles. The minimum atomic E-state index is 0.636. The summed E-state index contributed by atoms with van der Waals surface area (Å²) in [5.41, 5.74) is 1.17. The van der Waals surface area contributed by atoms with Crippen molar-refractivity contribution in [3.8, 4) is 5.75 Å². The first-order valence-electron chi connectivity index (χ1n) is 5.70. The first-order chi connectivity index (χ1) is 7.29. The maximum Gasteiger partial charge on any atom is 0.120 e. The smallest absolute Gasteiger partial charge is 0.120 e. The average Bonchev–Trinajstić information content (AvgIpc) is 2.65. The zero-order chi connectivity index (χ0) is 10.7. The molecule has 0 aliphatic heterocycles. The summed E-state index contributed by atoms with van der Waals surface area (Å²) in [7, 11) is 1.71. The second kappa shape index (κ2) is 4.56. The molecule has 0 spiro atoms. The molecule has 2 rings (SSSR count). The molecular formula is C13H19NO. The van der Waals surface area contributed by atoms with Crippen molar-refractivity contribution < 1.29 is 4.74 Å². The van der Waals surface area contributed by atoms with Crippen LogP contribution in [0.5, 0.6) is 5.75 Å². The van der Waals surface area contributed by atoms with Gasteiger partial charge in [-0.2, -0.15) is 0 Å². The van der Waals surface area contributed by atoms with Crippen molar-refractivity contribution in [3.05, 3.63) is 24.3 Å². The first kappa shape index (κ1) is 10.3. The molecule has 1 fully saturated rings. The molecule has 15 heavy (non-hydrogen) atoms. The number of hydrogen-bond donors (Lipinski definition) is 1. The minimum absolute atomic E-state index is 0.636. The van der Waals surface area contributed by atoms with Crippen molar-refractivity contribution in [2.45, 2.75) is 32.2 Å². The molecule has 2 atom stereocenters. The zero-order valence-electron chi connectivity index (χ0n) is 9.49. The molecule has 82 valence electrons. The molecule has 0 heterocycles. The summed E-state index contributed by atoms with van der Waals surface area (Å²) in [6.07, 6.45) is 3.99. The standard InChI is InChI=1S/C13H19NO/c1-10-5-3-8-13(10)14-11-6-4-7-12(9-11)15-2/h4,6-7,9-10,13-14H,3,5,8H2,1-2H3/t10-,13-/m0/s1. The van der Waals surface area contributed by atoms with Gasteiger partial charge in [0.1, 0.15) is 5.75 Å². The Labute approximate surface area is 91.6 Å². The van der Waals surface area contributed by atoms with Crippen molar-refractivity contribution in [2.75, 3.05) is 12.4 Å². The van der Waals surface area contributed by atoms with E-state index in [1.165, 1.54) is 24.9 Å². The van der Waals surface area contributed by atoms with Gasteiger partial charge in [0.15, 0.2) is 0 Å². The Hall–Kier alpha value is -1.18. The van der Waals surface area contributed by atoms with E-state index in [4.69, 9.17) is 4.74 Å². The Morgan fingerprint density at radius 3 is 2.87 bits per heavy atom. The molecule has 0 amide bonds. The van der Waals surface area contributed by atoms with Gasteiger partial charge in [-0.15, -0.1) is 0 Å². The van der Waals surface area contributed by atoms with E-state index in [0.717, 1.165) is 11.7 Å². The van der Waals surface area contributed by atoms with Crippen LogP contribution in [0.4, 0.5) is 5.69 Å². The van der Waals surface area contributed by atoms with Crippen LogP contribution in [0.2, 0.25) is 0 Å². The second-order valence-electron chi connectivity index (χ2n) is 4.39. The van der Waals surface area contributed by atoms with Gasteiger partial charge in [-0.25, -0.2) is 0 Å². The Bertz CT molecular complexity index is 324. The van der Waals surface area contributed by atoms with Crippen LogP contribution in [-0.2, 0) is 0 Å². The van der Waals surface area contributed by atoms with E-state index in [1.807, 2.05) is 12.1 Å². The monoisotopic (exact) mass is 205 g/mol. The number of anilines is 1. The maximum absolute atomic E-state index is 5.21. The number of methoxy groups -OCH3 is 1. The molecular weight excluding hydrogens is 186 g/mol. The molecule has 1 aliphatic rings. The van der Waals surface area contributed by atoms with Crippen LogP contribution in [0, 0.1) is 5.92 Å². The van der Waals surface area contributed by atoms with Crippen molar-refractivity contribution in [2.24, 2.45) is 5.92 Å². The van der Waals surface area contributed by atoms with Gasteiger partial charge < -0.3 is 10.1 Å². The van der Waals surface area contributed by atoms with Crippen LogP contribution in [0.3, 0.4) is 0 Å². The number of rotatable bonds is 3. The molecule has 1 saturated carbocycles. The fourth-order valence-electron chi connectivity index (χ4n) is 2.29. The molecule has 0 radical (unpaired) electrons. The lowest BCUT2D eigenvalue weighted by molar-refractivity contribution is 0.415. The first-order valence-corrected chi connectivity index (χ1v) is 5.70. The molecule has 0 saturated heterocycles. The molecule has 0 unspecified atom stereocenters. The van der Waals surface area contributed by atoms with Crippen LogP contribution in [0.1, 0.15) is 26.2 Å². The average molecular weight is 205 g/mol. The summed E-state index contributed by atoms with van der Waals surface area (Å²) in [4.78, 5) is 0. The normalized spacial score (nSPS) is 25.2. The van der Waals surface area contributed by atoms with Gasteiger partial charge in [-0.05, 0) is 30.9 Å². The molecule has 1 aliphatic carbocycles. The second-order valence-corrected chi connectivity index (χ2v) is 4.39. The van der Waals surface area contributed by atoms with Crippen LogP contribution < -0.4 is 10.1 Å². The summed E-state index contributed by atoms with van der Waals surface area (Å²) >= 11 is 0. The molecule has 1 N–H and O–H groups in total. The number of nitrogens with one attached hydrogen (secondary N) is 1. The summed E-state index contributed by atoms with van der Waals surface area (Å²) in [5, 5.41) is 3.59. The lowest BCUT2D eigenvalue weighted by atomic mass is 10.1. The number of hydrogen-bond acceptors (Lipinski definition) is 2. The Morgan fingerprint density at radius 1 is 1.33 bits per heavy atom. The molecule has 2 nitrogen and oxygen atoms in total. The van der Waals surface area contributed by atoms with Crippen molar-refractivity contribution in [1.82, 2.24) is 0 Å². The summed E-state index contributed by atoms with van der Waals surface area (Å²) < 4.78 is 5.21. The largest absolute Gasteiger partial charge is 0.497 e. The molecule has 1 aromatic carbocycles. The Kier molecular flexibility index (Phi) is 3.14. The lowest BCUT2D eigenvalue weighted by Gasteiger charge is -2.18. The number of ether oxygens (including phenoxy) is 1. The van der Waals surface area contributed by atoms with Gasteiger partial charge in [0.2, 0.25) is 0 Å². The molecule has 1 aromatic rings. The fourth-order valence-corrected chi connectivity index (χ4v) is 2.29. The van der Waals surface area contributed by atoms with Crippen LogP contribution in [-0.4, -0.2) is 13.2 Å². The highest BCUT2D eigenvalue weighted by Gasteiger charge is 2.22. The highest BCUT2D eigenvalue weighted by Crippen LogP contribution is 2.28. The van der Waals surface area contributed by atoms with Crippen LogP contribution in [0.25, 0.3) is 0 Å². The fraction of sp³-hybridized carbons (Fsp3) is 0.538. The highest BCUT2D eigenvalue weighted by atomic mass is 16.5. The van der Waals surface area contributed by atoms with Gasteiger partial charge in [0.25, 0.3) is 0 Å². The number of benzene rings is 1. The predicted molar refractivity (Wildman–Crippen MR) is 63.4 cm³/mol.